The van der Waals surface area contributed by atoms with Gasteiger partial charge in [0.15, 0.2) is 0 Å². The lowest BCUT2D eigenvalue weighted by molar-refractivity contribution is -0.154. The Hall–Kier alpha value is -2.80. The van der Waals surface area contributed by atoms with Gasteiger partial charge in [0.1, 0.15) is 24.3 Å². The smallest absolute Gasteiger partial charge is 0.249 e. The number of carbonyl (C=O) groups is 2. The molecule has 2 aromatic carbocycles. The number of ether oxygens (including phenoxy) is 1. The van der Waals surface area contributed by atoms with E-state index in [0.29, 0.717) is 16.8 Å². The molecule has 26 heavy (non-hydrogen) atoms. The van der Waals surface area contributed by atoms with E-state index in [2.05, 4.69) is 5.32 Å². The fourth-order valence-corrected chi connectivity index (χ4v) is 2.70. The van der Waals surface area contributed by atoms with Crippen molar-refractivity contribution in [3.8, 4) is 0 Å². The van der Waals surface area contributed by atoms with Gasteiger partial charge in [0.25, 0.3) is 0 Å². The van der Waals surface area contributed by atoms with Crippen molar-refractivity contribution in [2.75, 3.05) is 18.5 Å². The fourth-order valence-electron chi connectivity index (χ4n) is 2.70. The van der Waals surface area contributed by atoms with Crippen LogP contribution in [-0.4, -0.2) is 36.0 Å². The highest BCUT2D eigenvalue weighted by Gasteiger charge is 2.34. The topological polar surface area (TPSA) is 58.6 Å². The zero-order valence-corrected chi connectivity index (χ0v) is 14.2. The highest BCUT2D eigenvalue weighted by Crippen LogP contribution is 2.18. The number of hydrogen-bond donors (Lipinski definition) is 1. The minimum atomic E-state index is -0.856. The normalized spacial score (nSPS) is 17.3. The number of aryl methyl sites for hydroxylation is 1. The third-order valence-corrected chi connectivity index (χ3v) is 4.21. The highest BCUT2D eigenvalue weighted by molar-refractivity contribution is 5.98. The van der Waals surface area contributed by atoms with Crippen LogP contribution in [0.3, 0.4) is 0 Å². The summed E-state index contributed by atoms with van der Waals surface area (Å²) in [4.78, 5) is 26.2. The van der Waals surface area contributed by atoms with Crippen LogP contribution in [0.1, 0.15) is 11.1 Å². The summed E-state index contributed by atoms with van der Waals surface area (Å²) in [6.07, 6.45) is 0. The predicted molar refractivity (Wildman–Crippen MR) is 91.3 cm³/mol. The molecule has 1 aliphatic rings. The maximum Gasteiger partial charge on any atom is 0.249 e. The SMILES string of the molecule is Cc1ccc(NC(=O)[C@@H]2COCC(=O)N2Cc2ccc(F)cc2)cc1F. The molecular weight excluding hydrogens is 342 g/mol. The van der Waals surface area contributed by atoms with Crippen molar-refractivity contribution in [3.63, 3.8) is 0 Å². The van der Waals surface area contributed by atoms with Gasteiger partial charge >= 0.3 is 0 Å². The molecule has 0 spiro atoms. The van der Waals surface area contributed by atoms with Crippen LogP contribution in [0.5, 0.6) is 0 Å². The fraction of sp³-hybridized carbons (Fsp3) is 0.263. The minimum absolute atomic E-state index is 0.0348. The molecule has 1 aliphatic heterocycles. The van der Waals surface area contributed by atoms with Gasteiger partial charge in [-0.25, -0.2) is 8.78 Å². The van der Waals surface area contributed by atoms with E-state index in [1.54, 1.807) is 31.2 Å². The number of hydrogen-bond acceptors (Lipinski definition) is 3. The van der Waals surface area contributed by atoms with E-state index in [4.69, 9.17) is 4.74 Å². The quantitative estimate of drug-likeness (QED) is 0.912. The molecular formula is C19H18F2N2O3. The first-order valence-electron chi connectivity index (χ1n) is 8.13. The van der Waals surface area contributed by atoms with Crippen LogP contribution in [-0.2, 0) is 20.9 Å². The van der Waals surface area contributed by atoms with Crippen LogP contribution in [0, 0.1) is 18.6 Å². The zero-order chi connectivity index (χ0) is 18.7. The molecule has 2 amide bonds. The molecule has 136 valence electrons. The molecule has 1 fully saturated rings. The Bertz CT molecular complexity index is 824. The number of benzene rings is 2. The van der Waals surface area contributed by atoms with Gasteiger partial charge < -0.3 is 15.0 Å². The van der Waals surface area contributed by atoms with Gasteiger partial charge in [-0.1, -0.05) is 18.2 Å². The lowest BCUT2D eigenvalue weighted by atomic mass is 10.1. The Morgan fingerprint density at radius 1 is 1.23 bits per heavy atom. The monoisotopic (exact) mass is 360 g/mol. The first kappa shape index (κ1) is 18.0. The van der Waals surface area contributed by atoms with Gasteiger partial charge in [-0.3, -0.25) is 9.59 Å². The van der Waals surface area contributed by atoms with Crippen molar-refractivity contribution in [2.45, 2.75) is 19.5 Å². The molecule has 2 aromatic rings. The first-order valence-corrected chi connectivity index (χ1v) is 8.13. The van der Waals surface area contributed by atoms with E-state index in [1.165, 1.54) is 23.1 Å². The second-order valence-electron chi connectivity index (χ2n) is 6.13. The summed E-state index contributed by atoms with van der Waals surface area (Å²) in [5, 5.41) is 2.61. The summed E-state index contributed by atoms with van der Waals surface area (Å²) in [6, 6.07) is 9.23. The van der Waals surface area contributed by atoms with E-state index in [-0.39, 0.29) is 31.5 Å². The van der Waals surface area contributed by atoms with Crippen LogP contribution in [0.15, 0.2) is 42.5 Å². The molecule has 0 aromatic heterocycles. The van der Waals surface area contributed by atoms with Crippen molar-refractivity contribution < 1.29 is 23.1 Å². The molecule has 1 saturated heterocycles. The Morgan fingerprint density at radius 3 is 2.65 bits per heavy atom. The number of amides is 2. The molecule has 0 bridgehead atoms. The van der Waals surface area contributed by atoms with Crippen molar-refractivity contribution in [2.24, 2.45) is 0 Å². The van der Waals surface area contributed by atoms with Gasteiger partial charge in [-0.15, -0.1) is 0 Å². The van der Waals surface area contributed by atoms with Crippen molar-refractivity contribution in [1.29, 1.82) is 0 Å². The molecule has 0 unspecified atom stereocenters. The molecule has 0 radical (unpaired) electrons. The molecule has 3 rings (SSSR count). The van der Waals surface area contributed by atoms with Gasteiger partial charge in [-0.2, -0.15) is 0 Å². The summed E-state index contributed by atoms with van der Waals surface area (Å²) < 4.78 is 31.9. The average molecular weight is 360 g/mol. The average Bonchev–Trinajstić information content (AvgIpc) is 2.61. The zero-order valence-electron chi connectivity index (χ0n) is 14.2. The Morgan fingerprint density at radius 2 is 1.96 bits per heavy atom. The van der Waals surface area contributed by atoms with E-state index in [1.807, 2.05) is 0 Å². The van der Waals surface area contributed by atoms with Gasteiger partial charge in [0.2, 0.25) is 11.8 Å². The van der Waals surface area contributed by atoms with E-state index >= 15 is 0 Å². The standard InChI is InChI=1S/C19H18F2N2O3/c1-12-2-7-15(8-16(12)21)22-19(25)17-10-26-11-18(24)23(17)9-13-3-5-14(20)6-4-13/h2-8,17H,9-11H2,1H3,(H,22,25)/t17-/m0/s1. The van der Waals surface area contributed by atoms with Crippen LogP contribution < -0.4 is 5.32 Å². The summed E-state index contributed by atoms with van der Waals surface area (Å²) in [6.45, 7) is 1.69. The van der Waals surface area contributed by atoms with Crippen LogP contribution in [0.4, 0.5) is 14.5 Å². The molecule has 7 heteroatoms. The van der Waals surface area contributed by atoms with Crippen LogP contribution in [0.25, 0.3) is 0 Å². The summed E-state index contributed by atoms with van der Waals surface area (Å²) in [5.74, 6) is -1.61. The lowest BCUT2D eigenvalue weighted by Gasteiger charge is -2.34. The predicted octanol–water partition coefficient (Wildman–Crippen LogP) is 2.64. The molecule has 1 heterocycles. The molecule has 1 N–H and O–H groups in total. The molecule has 1 atom stereocenters. The number of rotatable bonds is 4. The largest absolute Gasteiger partial charge is 0.369 e. The lowest BCUT2D eigenvalue weighted by Crippen LogP contribution is -2.54. The molecule has 5 nitrogen and oxygen atoms in total. The highest BCUT2D eigenvalue weighted by atomic mass is 19.1. The van der Waals surface area contributed by atoms with E-state index in [9.17, 15) is 18.4 Å². The van der Waals surface area contributed by atoms with Gasteiger partial charge in [0.05, 0.1) is 6.61 Å². The second kappa shape index (κ2) is 7.61. The summed E-state index contributed by atoms with van der Waals surface area (Å²) in [7, 11) is 0. The summed E-state index contributed by atoms with van der Waals surface area (Å²) >= 11 is 0. The van der Waals surface area contributed by atoms with Crippen molar-refractivity contribution >= 4 is 17.5 Å². The van der Waals surface area contributed by atoms with Gasteiger partial charge in [0, 0.05) is 12.2 Å². The molecule has 0 aliphatic carbocycles. The third-order valence-electron chi connectivity index (χ3n) is 4.21. The maximum absolute atomic E-state index is 13.7. The van der Waals surface area contributed by atoms with Crippen molar-refractivity contribution in [3.05, 3.63) is 65.2 Å². The summed E-state index contributed by atoms with van der Waals surface area (Å²) in [5.41, 5.74) is 1.47. The number of nitrogens with zero attached hydrogens (tertiary/aromatic N) is 1. The van der Waals surface area contributed by atoms with E-state index in [0.717, 1.165) is 0 Å². The number of nitrogens with one attached hydrogen (secondary N) is 1. The Kier molecular flexibility index (Phi) is 5.27. The number of halogens is 2. The number of carbonyl (C=O) groups excluding carboxylic acids is 2. The van der Waals surface area contributed by atoms with E-state index < -0.39 is 17.8 Å². The van der Waals surface area contributed by atoms with Crippen LogP contribution in [0.2, 0.25) is 0 Å². The first-order chi connectivity index (χ1) is 12.4. The maximum atomic E-state index is 13.7. The molecule has 0 saturated carbocycles. The Balaban J connectivity index is 1.76. The second-order valence-corrected chi connectivity index (χ2v) is 6.13. The van der Waals surface area contributed by atoms with Gasteiger partial charge in [-0.05, 0) is 42.3 Å². The van der Waals surface area contributed by atoms with Crippen molar-refractivity contribution in [1.82, 2.24) is 4.90 Å². The van der Waals surface area contributed by atoms with Crippen LogP contribution >= 0.6 is 0 Å². The number of anilines is 1. The third kappa shape index (κ3) is 4.05. The number of morpholine rings is 1. The minimum Gasteiger partial charge on any atom is -0.369 e. The Labute approximate surface area is 149 Å².